The summed E-state index contributed by atoms with van der Waals surface area (Å²) >= 11 is 0. The summed E-state index contributed by atoms with van der Waals surface area (Å²) < 4.78 is 35.1. The van der Waals surface area contributed by atoms with E-state index in [1.807, 2.05) is 0 Å². The first-order valence-electron chi connectivity index (χ1n) is 8.60. The highest BCUT2D eigenvalue weighted by Crippen LogP contribution is 2.15. The minimum absolute atomic E-state index is 0.130. The molecule has 0 heterocycles. The summed E-state index contributed by atoms with van der Waals surface area (Å²) in [5.41, 5.74) is 1.03. The van der Waals surface area contributed by atoms with E-state index in [4.69, 9.17) is 9.47 Å². The summed E-state index contributed by atoms with van der Waals surface area (Å²) in [7, 11) is -3.42. The number of carbonyl (C=O) groups is 3. The van der Waals surface area contributed by atoms with Crippen LogP contribution < -0.4 is 9.46 Å². The number of benzene rings is 2. The van der Waals surface area contributed by atoms with E-state index in [9.17, 15) is 22.8 Å². The molecule has 0 fully saturated rings. The zero-order valence-electron chi connectivity index (χ0n) is 16.2. The van der Waals surface area contributed by atoms with Crippen LogP contribution in [0.15, 0.2) is 48.5 Å². The highest BCUT2D eigenvalue weighted by atomic mass is 32.2. The van der Waals surface area contributed by atoms with Crippen molar-refractivity contribution >= 4 is 33.2 Å². The van der Waals surface area contributed by atoms with E-state index in [1.165, 1.54) is 44.2 Å². The van der Waals surface area contributed by atoms with Gasteiger partial charge in [0.15, 0.2) is 18.5 Å². The highest BCUT2D eigenvalue weighted by Gasteiger charge is 2.20. The Morgan fingerprint density at radius 1 is 1.03 bits per heavy atom. The van der Waals surface area contributed by atoms with Gasteiger partial charge in [0.25, 0.3) is 0 Å². The quantitative estimate of drug-likeness (QED) is 0.490. The normalized spacial score (nSPS) is 12.0. The van der Waals surface area contributed by atoms with Crippen molar-refractivity contribution in [2.75, 3.05) is 17.6 Å². The van der Waals surface area contributed by atoms with Crippen LogP contribution in [0.3, 0.4) is 0 Å². The van der Waals surface area contributed by atoms with E-state index in [0.717, 1.165) is 6.26 Å². The minimum Gasteiger partial charge on any atom is -0.482 e. The second-order valence-electron chi connectivity index (χ2n) is 6.32. The number of nitrogens with one attached hydrogen (secondary N) is 1. The summed E-state index contributed by atoms with van der Waals surface area (Å²) in [5.74, 6) is -0.977. The molecule has 0 spiro atoms. The summed E-state index contributed by atoms with van der Waals surface area (Å²) in [6.07, 6.45) is -0.0326. The van der Waals surface area contributed by atoms with Crippen LogP contribution >= 0.6 is 0 Å². The molecule has 9 heteroatoms. The van der Waals surface area contributed by atoms with Gasteiger partial charge < -0.3 is 9.47 Å². The predicted molar refractivity (Wildman–Crippen MR) is 107 cm³/mol. The van der Waals surface area contributed by atoms with Crippen molar-refractivity contribution in [3.05, 3.63) is 59.7 Å². The first-order valence-corrected chi connectivity index (χ1v) is 10.5. The monoisotopic (exact) mass is 419 g/mol. The van der Waals surface area contributed by atoms with Crippen LogP contribution in [-0.4, -0.2) is 44.9 Å². The van der Waals surface area contributed by atoms with Gasteiger partial charge in [-0.1, -0.05) is 12.1 Å². The lowest BCUT2D eigenvalue weighted by atomic mass is 10.1. The second kappa shape index (κ2) is 9.33. The number of ether oxygens (including phenoxy) is 2. The molecular formula is C20H21NO7S. The number of carbonyl (C=O) groups excluding carboxylic acids is 3. The second-order valence-corrected chi connectivity index (χ2v) is 8.07. The Morgan fingerprint density at radius 2 is 1.69 bits per heavy atom. The van der Waals surface area contributed by atoms with Gasteiger partial charge >= 0.3 is 5.97 Å². The molecule has 29 heavy (non-hydrogen) atoms. The van der Waals surface area contributed by atoms with E-state index in [2.05, 4.69) is 4.72 Å². The standard InChI is InChI=1S/C20H21NO7S/c1-13(22)16-5-4-6-18(11-16)27-12-19(23)28-14(2)20(24)15-7-9-17(10-8-15)21-29(3,25)26/h4-11,14,21H,12H2,1-3H3/t14-/m1/s1. The maximum atomic E-state index is 12.4. The molecular weight excluding hydrogens is 398 g/mol. The van der Waals surface area contributed by atoms with Crippen LogP contribution in [-0.2, 0) is 19.6 Å². The van der Waals surface area contributed by atoms with Crippen molar-refractivity contribution in [3.63, 3.8) is 0 Å². The van der Waals surface area contributed by atoms with Crippen LogP contribution in [0.1, 0.15) is 34.6 Å². The van der Waals surface area contributed by atoms with E-state index in [1.54, 1.807) is 18.2 Å². The van der Waals surface area contributed by atoms with Gasteiger partial charge in [-0.3, -0.25) is 14.3 Å². The maximum absolute atomic E-state index is 12.4. The Bertz CT molecular complexity index is 1010. The van der Waals surface area contributed by atoms with Gasteiger partial charge in [-0.25, -0.2) is 13.2 Å². The van der Waals surface area contributed by atoms with Gasteiger partial charge in [0.2, 0.25) is 15.8 Å². The van der Waals surface area contributed by atoms with E-state index >= 15 is 0 Å². The predicted octanol–water partition coefficient (Wildman–Crippen LogP) is 2.45. The number of sulfonamides is 1. The fraction of sp³-hybridized carbons (Fsp3) is 0.250. The zero-order chi connectivity index (χ0) is 21.6. The van der Waals surface area contributed by atoms with Gasteiger partial charge in [0.05, 0.1) is 6.26 Å². The summed E-state index contributed by atoms with van der Waals surface area (Å²) in [4.78, 5) is 35.7. The minimum atomic E-state index is -3.42. The lowest BCUT2D eigenvalue weighted by Crippen LogP contribution is -2.27. The number of Topliss-reactive ketones (excluding diaryl/α,β-unsaturated/α-hetero) is 2. The van der Waals surface area contributed by atoms with Crippen LogP contribution in [0, 0.1) is 0 Å². The van der Waals surface area contributed by atoms with Gasteiger partial charge in [-0.05, 0) is 50.2 Å². The fourth-order valence-electron chi connectivity index (χ4n) is 2.38. The number of hydrogen-bond acceptors (Lipinski definition) is 7. The molecule has 2 aromatic carbocycles. The molecule has 0 radical (unpaired) electrons. The first kappa shape index (κ1) is 22.1. The lowest BCUT2D eigenvalue weighted by Gasteiger charge is -2.13. The summed E-state index contributed by atoms with van der Waals surface area (Å²) in [6, 6.07) is 12.1. The molecule has 0 aliphatic heterocycles. The third kappa shape index (κ3) is 7.04. The van der Waals surface area contributed by atoms with Crippen LogP contribution in [0.25, 0.3) is 0 Å². The Balaban J connectivity index is 1.91. The molecule has 0 aromatic heterocycles. The Hall–Kier alpha value is -3.20. The van der Waals surface area contributed by atoms with Crippen molar-refractivity contribution in [1.29, 1.82) is 0 Å². The van der Waals surface area contributed by atoms with Gasteiger partial charge in [-0.2, -0.15) is 0 Å². The third-order valence-corrected chi connectivity index (χ3v) is 4.35. The molecule has 1 N–H and O–H groups in total. The molecule has 0 saturated carbocycles. The highest BCUT2D eigenvalue weighted by molar-refractivity contribution is 7.92. The Morgan fingerprint density at radius 3 is 2.28 bits per heavy atom. The number of hydrogen-bond donors (Lipinski definition) is 1. The van der Waals surface area contributed by atoms with Crippen LogP contribution in [0.5, 0.6) is 5.75 Å². The van der Waals surface area contributed by atoms with Crippen LogP contribution in [0.2, 0.25) is 0 Å². The number of rotatable bonds is 9. The topological polar surface area (TPSA) is 116 Å². The molecule has 154 valence electrons. The van der Waals surface area contributed by atoms with E-state index in [-0.39, 0.29) is 11.3 Å². The molecule has 0 unspecified atom stereocenters. The van der Waals surface area contributed by atoms with Gasteiger partial charge in [0, 0.05) is 16.8 Å². The Kier molecular flexibility index (Phi) is 7.11. The first-order chi connectivity index (χ1) is 13.5. The molecule has 0 bridgehead atoms. The van der Waals surface area contributed by atoms with Crippen molar-refractivity contribution in [2.45, 2.75) is 20.0 Å². The lowest BCUT2D eigenvalue weighted by molar-refractivity contribution is -0.148. The van der Waals surface area contributed by atoms with Crippen molar-refractivity contribution < 1.29 is 32.3 Å². The number of anilines is 1. The maximum Gasteiger partial charge on any atom is 0.344 e. The molecule has 2 rings (SSSR count). The summed E-state index contributed by atoms with van der Waals surface area (Å²) in [6.45, 7) is 2.43. The molecule has 8 nitrogen and oxygen atoms in total. The van der Waals surface area contributed by atoms with Crippen molar-refractivity contribution in [2.24, 2.45) is 0 Å². The molecule has 0 aliphatic carbocycles. The SMILES string of the molecule is CC(=O)c1cccc(OCC(=O)O[C@H](C)C(=O)c2ccc(NS(C)(=O)=O)cc2)c1. The number of esters is 1. The van der Waals surface area contributed by atoms with Gasteiger partial charge in [-0.15, -0.1) is 0 Å². The van der Waals surface area contributed by atoms with Crippen molar-refractivity contribution in [1.82, 2.24) is 0 Å². The van der Waals surface area contributed by atoms with E-state index < -0.39 is 34.5 Å². The largest absolute Gasteiger partial charge is 0.482 e. The average molecular weight is 419 g/mol. The third-order valence-electron chi connectivity index (χ3n) is 3.75. The molecule has 2 aromatic rings. The van der Waals surface area contributed by atoms with E-state index in [0.29, 0.717) is 17.0 Å². The fourth-order valence-corrected chi connectivity index (χ4v) is 2.95. The smallest absolute Gasteiger partial charge is 0.344 e. The molecule has 0 aliphatic rings. The molecule has 1 atom stereocenters. The Labute approximate surface area is 168 Å². The van der Waals surface area contributed by atoms with Crippen molar-refractivity contribution in [3.8, 4) is 5.75 Å². The van der Waals surface area contributed by atoms with Crippen LogP contribution in [0.4, 0.5) is 5.69 Å². The zero-order valence-corrected chi connectivity index (χ0v) is 17.0. The van der Waals surface area contributed by atoms with Gasteiger partial charge in [0.1, 0.15) is 5.75 Å². The number of ketones is 2. The summed E-state index contributed by atoms with van der Waals surface area (Å²) in [5, 5.41) is 0. The molecule has 0 amide bonds. The molecule has 0 saturated heterocycles. The average Bonchev–Trinajstić information content (AvgIpc) is 2.65.